The topological polar surface area (TPSA) is 112 Å². The number of carbonyl (C=O) groups is 2. The van der Waals surface area contributed by atoms with Gasteiger partial charge in [-0.1, -0.05) is 42.9 Å². The Kier molecular flexibility index (Phi) is 8.50. The number of benzene rings is 2. The van der Waals surface area contributed by atoms with Crippen LogP contribution in [-0.2, 0) is 9.53 Å². The van der Waals surface area contributed by atoms with Gasteiger partial charge in [0.25, 0.3) is 5.56 Å². The number of esters is 1. The Hall–Kier alpha value is -4.70. The molecule has 222 valence electrons. The second kappa shape index (κ2) is 12.3. The molecule has 0 amide bonds. The van der Waals surface area contributed by atoms with Crippen LogP contribution in [0.25, 0.3) is 11.8 Å². The van der Waals surface area contributed by atoms with Crippen molar-refractivity contribution in [3.05, 3.63) is 114 Å². The van der Waals surface area contributed by atoms with Gasteiger partial charge in [0.05, 0.1) is 35.1 Å². The van der Waals surface area contributed by atoms with Crippen LogP contribution < -0.4 is 19.6 Å². The number of hydrogen-bond donors (Lipinski definition) is 1. The molecule has 2 aromatic heterocycles. The summed E-state index contributed by atoms with van der Waals surface area (Å²) >= 11 is 1.28. The number of aromatic nitrogens is 2. The minimum Gasteiger partial charge on any atom is -0.496 e. The summed E-state index contributed by atoms with van der Waals surface area (Å²) in [5.74, 6) is -0.931. The summed E-state index contributed by atoms with van der Waals surface area (Å²) < 4.78 is 15.2. The Labute approximate surface area is 252 Å². The van der Waals surface area contributed by atoms with Crippen LogP contribution in [0.1, 0.15) is 65.6 Å². The highest BCUT2D eigenvalue weighted by molar-refractivity contribution is 7.07. The van der Waals surface area contributed by atoms with Gasteiger partial charge in [-0.25, -0.2) is 14.6 Å². The number of carboxylic acid groups (broad SMARTS) is 1. The molecule has 1 N–H and O–H groups in total. The minimum atomic E-state index is -0.983. The highest BCUT2D eigenvalue weighted by Crippen LogP contribution is 2.36. The molecule has 1 atom stereocenters. The molecule has 0 aliphatic carbocycles. The number of allylic oxidation sites excluding steroid dienone is 1. The van der Waals surface area contributed by atoms with E-state index in [1.807, 2.05) is 61.7 Å². The predicted octanol–water partition coefficient (Wildman–Crippen LogP) is 4.69. The van der Waals surface area contributed by atoms with Gasteiger partial charge in [0.2, 0.25) is 0 Å². The van der Waals surface area contributed by atoms with Gasteiger partial charge in [-0.2, -0.15) is 0 Å². The zero-order valence-corrected chi connectivity index (χ0v) is 25.5. The van der Waals surface area contributed by atoms with Crippen molar-refractivity contribution in [2.24, 2.45) is 4.99 Å². The van der Waals surface area contributed by atoms with Crippen molar-refractivity contribution in [1.82, 2.24) is 9.13 Å². The molecule has 1 aliphatic heterocycles. The molecule has 0 saturated heterocycles. The Morgan fingerprint density at radius 1 is 1.09 bits per heavy atom. The van der Waals surface area contributed by atoms with Crippen LogP contribution in [0.15, 0.2) is 75.7 Å². The molecule has 0 fully saturated rings. The molecule has 5 rings (SSSR count). The van der Waals surface area contributed by atoms with Crippen molar-refractivity contribution in [1.29, 1.82) is 0 Å². The molecular formula is C33H33N3O6S. The van der Waals surface area contributed by atoms with Gasteiger partial charge in [-0.3, -0.25) is 9.36 Å². The van der Waals surface area contributed by atoms with Crippen molar-refractivity contribution in [2.45, 2.75) is 46.6 Å². The number of methoxy groups -OCH3 is 1. The van der Waals surface area contributed by atoms with E-state index in [9.17, 15) is 19.5 Å². The van der Waals surface area contributed by atoms with Gasteiger partial charge < -0.3 is 19.1 Å². The van der Waals surface area contributed by atoms with E-state index in [-0.39, 0.29) is 17.7 Å². The first kappa shape index (κ1) is 29.8. The summed E-state index contributed by atoms with van der Waals surface area (Å²) in [6, 6.07) is 15.3. The van der Waals surface area contributed by atoms with Crippen LogP contribution in [0, 0.1) is 13.8 Å². The fraction of sp³-hybridized carbons (Fsp3) is 0.273. The third kappa shape index (κ3) is 5.46. The van der Waals surface area contributed by atoms with E-state index >= 15 is 0 Å². The van der Waals surface area contributed by atoms with Crippen molar-refractivity contribution < 1.29 is 24.2 Å². The van der Waals surface area contributed by atoms with E-state index in [0.29, 0.717) is 38.3 Å². The van der Waals surface area contributed by atoms with Gasteiger partial charge in [0.1, 0.15) is 11.8 Å². The van der Waals surface area contributed by atoms with Crippen LogP contribution in [-0.4, -0.2) is 39.9 Å². The molecule has 0 saturated carbocycles. The maximum absolute atomic E-state index is 14.2. The SMILES string of the molecule is CCCC1=C(C(=O)OCC)[C@@H](c2ccccc2OC)n2c(s/c(=C\c3cc(C)n(-c4ccc(C(=O)O)cc4)c3C)c2=O)=N1. The lowest BCUT2D eigenvalue weighted by Gasteiger charge is -2.26. The lowest BCUT2D eigenvalue weighted by atomic mass is 9.93. The minimum absolute atomic E-state index is 0.194. The normalized spacial score (nSPS) is 14.8. The largest absolute Gasteiger partial charge is 0.496 e. The first-order chi connectivity index (χ1) is 20.7. The van der Waals surface area contributed by atoms with E-state index in [4.69, 9.17) is 14.5 Å². The molecule has 0 spiro atoms. The molecule has 0 unspecified atom stereocenters. The summed E-state index contributed by atoms with van der Waals surface area (Å²) in [6.07, 6.45) is 3.16. The zero-order valence-electron chi connectivity index (χ0n) is 24.7. The zero-order chi connectivity index (χ0) is 30.8. The van der Waals surface area contributed by atoms with Crippen LogP contribution in [0.2, 0.25) is 0 Å². The summed E-state index contributed by atoms with van der Waals surface area (Å²) in [6.45, 7) is 7.88. The van der Waals surface area contributed by atoms with Crippen LogP contribution in [0.5, 0.6) is 5.75 Å². The summed E-state index contributed by atoms with van der Waals surface area (Å²) in [4.78, 5) is 44.3. The standard InChI is InChI=1S/C33H33N3O6S/c1-6-10-25-28(32(40)42-7-2)29(24-11-8-9-12-26(24)41-5)36-30(37)27(43-33(36)34-25)18-22-17-19(3)35(20(22)4)23-15-13-21(14-16-23)31(38)39/h8-9,11-18,29H,6-7,10H2,1-5H3,(H,38,39)/b27-18-/t29-/m1/s1. The van der Waals surface area contributed by atoms with E-state index < -0.39 is 18.0 Å². The molecule has 2 aromatic carbocycles. The monoisotopic (exact) mass is 599 g/mol. The van der Waals surface area contributed by atoms with Gasteiger partial charge in [-0.05, 0) is 75.2 Å². The Balaban J connectivity index is 1.71. The number of aromatic carboxylic acids is 1. The second-order valence-electron chi connectivity index (χ2n) is 10.2. The van der Waals surface area contributed by atoms with Gasteiger partial charge in [0, 0.05) is 22.6 Å². The summed E-state index contributed by atoms with van der Waals surface area (Å²) in [5, 5.41) is 9.27. The maximum Gasteiger partial charge on any atom is 0.338 e. The molecule has 10 heteroatoms. The van der Waals surface area contributed by atoms with Gasteiger partial charge in [-0.15, -0.1) is 0 Å². The number of ether oxygens (including phenoxy) is 2. The van der Waals surface area contributed by atoms with Crippen molar-refractivity contribution in [3.63, 3.8) is 0 Å². The van der Waals surface area contributed by atoms with Crippen molar-refractivity contribution in [2.75, 3.05) is 13.7 Å². The number of nitrogens with zero attached hydrogens (tertiary/aromatic N) is 3. The van der Waals surface area contributed by atoms with Crippen LogP contribution in [0.4, 0.5) is 0 Å². The molecule has 43 heavy (non-hydrogen) atoms. The lowest BCUT2D eigenvalue weighted by molar-refractivity contribution is -0.139. The molecule has 3 heterocycles. The van der Waals surface area contributed by atoms with Gasteiger partial charge in [0.15, 0.2) is 4.80 Å². The first-order valence-electron chi connectivity index (χ1n) is 14.1. The summed E-state index contributed by atoms with van der Waals surface area (Å²) in [5.41, 5.74) is 5.05. The Morgan fingerprint density at radius 3 is 2.47 bits per heavy atom. The Morgan fingerprint density at radius 2 is 1.81 bits per heavy atom. The third-order valence-corrected chi connectivity index (χ3v) is 8.44. The number of rotatable bonds is 9. The van der Waals surface area contributed by atoms with Crippen molar-refractivity contribution >= 4 is 29.4 Å². The number of thiazole rings is 1. The molecule has 1 aliphatic rings. The predicted molar refractivity (Wildman–Crippen MR) is 165 cm³/mol. The first-order valence-corrected chi connectivity index (χ1v) is 14.9. The van der Waals surface area contributed by atoms with Crippen LogP contribution >= 0.6 is 11.3 Å². The lowest BCUT2D eigenvalue weighted by Crippen LogP contribution is -2.40. The molecule has 0 bridgehead atoms. The van der Waals surface area contributed by atoms with E-state index in [2.05, 4.69) is 0 Å². The van der Waals surface area contributed by atoms with Crippen molar-refractivity contribution in [3.8, 4) is 11.4 Å². The highest BCUT2D eigenvalue weighted by Gasteiger charge is 2.35. The molecular weight excluding hydrogens is 566 g/mol. The number of carbonyl (C=O) groups excluding carboxylic acids is 1. The number of para-hydroxylation sites is 1. The Bertz CT molecular complexity index is 1930. The average Bonchev–Trinajstić information content (AvgIpc) is 3.46. The highest BCUT2D eigenvalue weighted by atomic mass is 32.1. The van der Waals surface area contributed by atoms with Crippen LogP contribution in [0.3, 0.4) is 0 Å². The number of hydrogen-bond acceptors (Lipinski definition) is 7. The fourth-order valence-electron chi connectivity index (χ4n) is 5.53. The van der Waals surface area contributed by atoms with Gasteiger partial charge >= 0.3 is 11.9 Å². The third-order valence-electron chi connectivity index (χ3n) is 7.46. The maximum atomic E-state index is 14.2. The van der Waals surface area contributed by atoms with E-state index in [0.717, 1.165) is 29.1 Å². The number of fused-ring (bicyclic) bond motifs is 1. The average molecular weight is 600 g/mol. The molecule has 4 aromatic rings. The molecule has 0 radical (unpaired) electrons. The fourth-order valence-corrected chi connectivity index (χ4v) is 6.54. The van der Waals surface area contributed by atoms with E-state index in [1.54, 1.807) is 42.9 Å². The summed E-state index contributed by atoms with van der Waals surface area (Å²) in [7, 11) is 1.56. The smallest absolute Gasteiger partial charge is 0.338 e. The number of carboxylic acids is 1. The quantitative estimate of drug-likeness (QED) is 0.280. The van der Waals surface area contributed by atoms with E-state index in [1.165, 1.54) is 11.3 Å². The molecule has 9 nitrogen and oxygen atoms in total. The number of aryl methyl sites for hydroxylation is 1. The second-order valence-corrected chi connectivity index (χ2v) is 11.2.